The van der Waals surface area contributed by atoms with Crippen molar-refractivity contribution in [2.75, 3.05) is 6.61 Å². The number of nitrogens with zero attached hydrogens (tertiary/aromatic N) is 3. The zero-order valence-corrected chi connectivity index (χ0v) is 5.81. The van der Waals surface area contributed by atoms with Gasteiger partial charge in [0.1, 0.15) is 12.2 Å². The van der Waals surface area contributed by atoms with Crippen molar-refractivity contribution in [3.05, 3.63) is 24.3 Å². The lowest BCUT2D eigenvalue weighted by Crippen LogP contribution is -2.03. The molecule has 0 saturated carbocycles. The molecule has 0 spiro atoms. The van der Waals surface area contributed by atoms with E-state index in [4.69, 9.17) is 10.4 Å². The zero-order valence-electron chi connectivity index (χ0n) is 5.81. The van der Waals surface area contributed by atoms with E-state index >= 15 is 0 Å². The van der Waals surface area contributed by atoms with Crippen molar-refractivity contribution in [1.29, 1.82) is 5.26 Å². The van der Waals surface area contributed by atoms with Gasteiger partial charge in [-0.15, -0.1) is 0 Å². The normalized spacial score (nSPS) is 12.0. The van der Waals surface area contributed by atoms with Gasteiger partial charge in [-0.1, -0.05) is 0 Å². The molecule has 1 atom stereocenters. The Bertz CT molecular complexity index is 254. The van der Waals surface area contributed by atoms with Crippen molar-refractivity contribution in [3.8, 4) is 6.07 Å². The van der Waals surface area contributed by atoms with Gasteiger partial charge in [-0.3, -0.25) is 0 Å². The van der Waals surface area contributed by atoms with Crippen molar-refractivity contribution in [2.45, 2.75) is 5.92 Å². The maximum Gasteiger partial charge on any atom is 0.115 e. The van der Waals surface area contributed by atoms with Gasteiger partial charge in [0.15, 0.2) is 0 Å². The lowest BCUT2D eigenvalue weighted by Gasteiger charge is -2.01. The first kappa shape index (κ1) is 7.63. The van der Waals surface area contributed by atoms with Gasteiger partial charge in [-0.25, -0.2) is 9.97 Å². The van der Waals surface area contributed by atoms with Crippen molar-refractivity contribution in [3.63, 3.8) is 0 Å². The second-order valence-electron chi connectivity index (χ2n) is 2.00. The van der Waals surface area contributed by atoms with Crippen molar-refractivity contribution in [1.82, 2.24) is 9.97 Å². The molecule has 1 aromatic rings. The van der Waals surface area contributed by atoms with Crippen LogP contribution >= 0.6 is 0 Å². The first-order valence-electron chi connectivity index (χ1n) is 3.15. The van der Waals surface area contributed by atoms with Gasteiger partial charge in [0.25, 0.3) is 0 Å². The summed E-state index contributed by atoms with van der Waals surface area (Å²) in [4.78, 5) is 7.52. The van der Waals surface area contributed by atoms with Gasteiger partial charge < -0.3 is 5.11 Å². The summed E-state index contributed by atoms with van der Waals surface area (Å²) in [5, 5.41) is 17.2. The third-order valence-electron chi connectivity index (χ3n) is 1.30. The van der Waals surface area contributed by atoms with Crippen LogP contribution in [0.25, 0.3) is 0 Å². The van der Waals surface area contributed by atoms with Crippen LogP contribution in [0, 0.1) is 11.3 Å². The predicted molar refractivity (Wildman–Crippen MR) is 37.5 cm³/mol. The Morgan fingerprint density at radius 2 is 2.55 bits per heavy atom. The number of aliphatic hydroxyl groups excluding tert-OH is 1. The van der Waals surface area contributed by atoms with Crippen molar-refractivity contribution >= 4 is 0 Å². The first-order valence-corrected chi connectivity index (χ1v) is 3.15. The van der Waals surface area contributed by atoms with Crippen molar-refractivity contribution < 1.29 is 5.11 Å². The topological polar surface area (TPSA) is 69.8 Å². The summed E-state index contributed by atoms with van der Waals surface area (Å²) in [7, 11) is 0. The second kappa shape index (κ2) is 3.64. The SMILES string of the molecule is N#CC(CO)c1ccncn1. The van der Waals surface area contributed by atoms with Gasteiger partial charge in [0, 0.05) is 6.20 Å². The van der Waals surface area contributed by atoms with Crippen LogP contribution in [0.5, 0.6) is 0 Å². The van der Waals surface area contributed by atoms with E-state index in [0.29, 0.717) is 5.69 Å². The lowest BCUT2D eigenvalue weighted by atomic mass is 10.1. The molecule has 0 radical (unpaired) electrons. The molecule has 0 saturated heterocycles. The molecule has 0 amide bonds. The van der Waals surface area contributed by atoms with Crippen LogP contribution in [-0.2, 0) is 0 Å². The Balaban J connectivity index is 2.85. The highest BCUT2D eigenvalue weighted by Gasteiger charge is 2.08. The molecule has 1 heterocycles. The van der Waals surface area contributed by atoms with Crippen LogP contribution in [-0.4, -0.2) is 21.7 Å². The number of aromatic nitrogens is 2. The Kier molecular flexibility index (Phi) is 2.53. The average Bonchev–Trinajstić information content (AvgIpc) is 2.09. The molecule has 0 fully saturated rings. The smallest absolute Gasteiger partial charge is 0.115 e. The van der Waals surface area contributed by atoms with E-state index < -0.39 is 5.92 Å². The van der Waals surface area contributed by atoms with Crippen LogP contribution in [0.2, 0.25) is 0 Å². The quantitative estimate of drug-likeness (QED) is 0.646. The summed E-state index contributed by atoms with van der Waals surface area (Å²) in [5.41, 5.74) is 0.560. The second-order valence-corrected chi connectivity index (χ2v) is 2.00. The van der Waals surface area contributed by atoms with E-state index in [9.17, 15) is 0 Å². The molecule has 0 aliphatic heterocycles. The fourth-order valence-electron chi connectivity index (χ4n) is 0.708. The highest BCUT2D eigenvalue weighted by molar-refractivity contribution is 5.13. The maximum absolute atomic E-state index is 8.70. The minimum absolute atomic E-state index is 0.201. The van der Waals surface area contributed by atoms with Gasteiger partial charge >= 0.3 is 0 Å². The molecule has 0 aliphatic carbocycles. The standard InChI is InChI=1S/C7H7N3O/c8-3-6(4-11)7-1-2-9-5-10-7/h1-2,5-6,11H,4H2. The predicted octanol–water partition coefficient (Wildman–Crippen LogP) is 0.0761. The Morgan fingerprint density at radius 1 is 1.73 bits per heavy atom. The van der Waals surface area contributed by atoms with Crippen LogP contribution in [0.3, 0.4) is 0 Å². The monoisotopic (exact) mass is 149 g/mol. The van der Waals surface area contributed by atoms with E-state index in [-0.39, 0.29) is 6.61 Å². The van der Waals surface area contributed by atoms with Crippen LogP contribution in [0.4, 0.5) is 0 Å². The van der Waals surface area contributed by atoms with Gasteiger partial charge in [0.2, 0.25) is 0 Å². The highest BCUT2D eigenvalue weighted by atomic mass is 16.3. The summed E-state index contributed by atoms with van der Waals surface area (Å²) >= 11 is 0. The van der Waals surface area contributed by atoms with E-state index in [1.54, 1.807) is 12.3 Å². The molecule has 0 aliphatic rings. The molecule has 1 N–H and O–H groups in total. The first-order chi connectivity index (χ1) is 5.38. The molecule has 4 heteroatoms. The third-order valence-corrected chi connectivity index (χ3v) is 1.30. The largest absolute Gasteiger partial charge is 0.395 e. The molecule has 56 valence electrons. The van der Waals surface area contributed by atoms with Crippen LogP contribution in [0.1, 0.15) is 11.6 Å². The number of nitriles is 1. The molecule has 1 rings (SSSR count). The molecular formula is C7H7N3O. The fourth-order valence-corrected chi connectivity index (χ4v) is 0.708. The van der Waals surface area contributed by atoms with Gasteiger partial charge in [-0.05, 0) is 6.07 Å². The molecule has 1 aromatic heterocycles. The Hall–Kier alpha value is -1.47. The minimum atomic E-state index is -0.530. The Morgan fingerprint density at radius 3 is 3.00 bits per heavy atom. The highest BCUT2D eigenvalue weighted by Crippen LogP contribution is 2.08. The number of rotatable bonds is 2. The van der Waals surface area contributed by atoms with E-state index in [1.165, 1.54) is 6.33 Å². The molecule has 0 bridgehead atoms. The maximum atomic E-state index is 8.70. The zero-order chi connectivity index (χ0) is 8.10. The molecule has 0 aromatic carbocycles. The average molecular weight is 149 g/mol. The van der Waals surface area contributed by atoms with Gasteiger partial charge in [0.05, 0.1) is 18.4 Å². The van der Waals surface area contributed by atoms with Crippen LogP contribution < -0.4 is 0 Å². The van der Waals surface area contributed by atoms with E-state index in [1.807, 2.05) is 6.07 Å². The van der Waals surface area contributed by atoms with Crippen LogP contribution in [0.15, 0.2) is 18.6 Å². The summed E-state index contributed by atoms with van der Waals surface area (Å²) in [6.07, 6.45) is 2.90. The fraction of sp³-hybridized carbons (Fsp3) is 0.286. The molecular weight excluding hydrogens is 142 g/mol. The van der Waals surface area contributed by atoms with Gasteiger partial charge in [-0.2, -0.15) is 5.26 Å². The summed E-state index contributed by atoms with van der Waals surface area (Å²) in [6, 6.07) is 3.54. The Labute approximate surface area is 64.2 Å². The third kappa shape index (κ3) is 1.72. The molecule has 4 nitrogen and oxygen atoms in total. The molecule has 11 heavy (non-hydrogen) atoms. The summed E-state index contributed by atoms with van der Waals surface area (Å²) in [6.45, 7) is -0.201. The minimum Gasteiger partial charge on any atom is -0.395 e. The lowest BCUT2D eigenvalue weighted by molar-refractivity contribution is 0.284. The number of hydrogen-bond acceptors (Lipinski definition) is 4. The van der Waals surface area contributed by atoms with Crippen molar-refractivity contribution in [2.24, 2.45) is 0 Å². The van der Waals surface area contributed by atoms with E-state index in [2.05, 4.69) is 9.97 Å². The number of hydrogen-bond donors (Lipinski definition) is 1. The molecule has 1 unspecified atom stereocenters. The summed E-state index contributed by atoms with van der Waals surface area (Å²) < 4.78 is 0. The number of aliphatic hydroxyl groups is 1. The van der Waals surface area contributed by atoms with E-state index in [0.717, 1.165) is 0 Å². The summed E-state index contributed by atoms with van der Waals surface area (Å²) in [5.74, 6) is -0.530.